The zero-order valence-corrected chi connectivity index (χ0v) is 28.9. The lowest BCUT2D eigenvalue weighted by molar-refractivity contribution is 0.673. The second-order valence-corrected chi connectivity index (χ2v) is 13.3. The maximum atomic E-state index is 6.98. The molecule has 0 spiro atoms. The van der Waals surface area contributed by atoms with Gasteiger partial charge in [-0.25, -0.2) is 0 Å². The van der Waals surface area contributed by atoms with Crippen molar-refractivity contribution in [1.29, 1.82) is 0 Å². The molecule has 0 fully saturated rings. The summed E-state index contributed by atoms with van der Waals surface area (Å²) < 4.78 is 6.98. The highest BCUT2D eigenvalue weighted by molar-refractivity contribution is 6.30. The van der Waals surface area contributed by atoms with Gasteiger partial charge >= 0.3 is 0 Å². The third-order valence-electron chi connectivity index (χ3n) is 10.2. The van der Waals surface area contributed by atoms with Crippen LogP contribution in [-0.4, -0.2) is 0 Å². The molecule has 0 bridgehead atoms. The van der Waals surface area contributed by atoms with Crippen LogP contribution >= 0.6 is 0 Å². The van der Waals surface area contributed by atoms with E-state index in [4.69, 9.17) is 4.42 Å². The van der Waals surface area contributed by atoms with E-state index in [0.29, 0.717) is 0 Å². The number of nitrogens with zero attached hydrogens (tertiary/aromatic N) is 2. The number of hydrogen-bond donors (Lipinski definition) is 0. The summed E-state index contributed by atoms with van der Waals surface area (Å²) in [6.07, 6.45) is 0. The van der Waals surface area contributed by atoms with E-state index in [9.17, 15) is 0 Å². The summed E-state index contributed by atoms with van der Waals surface area (Å²) in [6.45, 7) is 0. The van der Waals surface area contributed by atoms with Crippen molar-refractivity contribution in [2.45, 2.75) is 0 Å². The summed E-state index contributed by atoms with van der Waals surface area (Å²) in [5, 5.41) is 6.87. The fraction of sp³-hybridized carbons (Fsp3) is 0. The van der Waals surface area contributed by atoms with Crippen LogP contribution in [0.1, 0.15) is 0 Å². The van der Waals surface area contributed by atoms with Crippen LogP contribution in [0.15, 0.2) is 211 Å². The van der Waals surface area contributed by atoms with Crippen molar-refractivity contribution in [2.75, 3.05) is 9.80 Å². The number of rotatable bonds is 7. The van der Waals surface area contributed by atoms with E-state index in [-0.39, 0.29) is 0 Å². The molecule has 1 aromatic heterocycles. The van der Waals surface area contributed by atoms with Crippen LogP contribution in [0.5, 0.6) is 0 Å². The minimum atomic E-state index is 0.854. The first kappa shape index (κ1) is 30.7. The van der Waals surface area contributed by atoms with Crippen molar-refractivity contribution in [2.24, 2.45) is 0 Å². The standard InChI is InChI=1S/C50H34N2O/c1-5-17-35(18-6-1)41-25-15-16-28-47(41)52(38-23-11-4-12-24-38)40-30-32-45-48(34-40)53-50-44-31-29-39(33-46(44)42-26-13-14-27-43(42)49(45)50)51(36-19-7-2-8-20-36)37-21-9-3-10-22-37/h1-34H. The van der Waals surface area contributed by atoms with E-state index in [0.717, 1.165) is 72.4 Å². The van der Waals surface area contributed by atoms with Crippen LogP contribution in [0.4, 0.5) is 34.1 Å². The van der Waals surface area contributed by atoms with Gasteiger partial charge in [-0.15, -0.1) is 0 Å². The minimum absolute atomic E-state index is 0.854. The largest absolute Gasteiger partial charge is 0.455 e. The van der Waals surface area contributed by atoms with E-state index in [1.807, 2.05) is 0 Å². The van der Waals surface area contributed by atoms with E-state index < -0.39 is 0 Å². The van der Waals surface area contributed by atoms with Crippen LogP contribution in [0, 0.1) is 0 Å². The SMILES string of the molecule is c1ccc(-c2ccccc2N(c2ccccc2)c2ccc3c(c2)oc2c4ccc(N(c5ccccc5)c5ccccc5)cc4c4ccccc4c32)cc1. The number of para-hydroxylation sites is 4. The van der Waals surface area contributed by atoms with Crippen molar-refractivity contribution < 1.29 is 4.42 Å². The Bertz CT molecular complexity index is 2840. The van der Waals surface area contributed by atoms with E-state index in [1.54, 1.807) is 0 Å². The Morgan fingerprint density at radius 2 is 0.830 bits per heavy atom. The third-order valence-corrected chi connectivity index (χ3v) is 10.2. The molecular formula is C50H34N2O. The highest BCUT2D eigenvalue weighted by atomic mass is 16.3. The normalized spacial score (nSPS) is 11.4. The molecule has 0 aliphatic heterocycles. The summed E-state index contributed by atoms with van der Waals surface area (Å²) in [6, 6.07) is 73.1. The zero-order valence-electron chi connectivity index (χ0n) is 28.9. The average Bonchev–Trinajstić information content (AvgIpc) is 3.62. The van der Waals surface area contributed by atoms with Crippen LogP contribution in [0.25, 0.3) is 54.6 Å². The van der Waals surface area contributed by atoms with Gasteiger partial charge in [0.1, 0.15) is 11.2 Å². The van der Waals surface area contributed by atoms with Crippen molar-refractivity contribution in [3.63, 3.8) is 0 Å². The van der Waals surface area contributed by atoms with Gasteiger partial charge in [-0.3, -0.25) is 0 Å². The van der Waals surface area contributed by atoms with Gasteiger partial charge in [0.2, 0.25) is 0 Å². The molecule has 9 aromatic carbocycles. The molecule has 53 heavy (non-hydrogen) atoms. The topological polar surface area (TPSA) is 19.6 Å². The van der Waals surface area contributed by atoms with Gasteiger partial charge < -0.3 is 14.2 Å². The Labute approximate surface area is 308 Å². The fourth-order valence-corrected chi connectivity index (χ4v) is 7.85. The van der Waals surface area contributed by atoms with Gasteiger partial charge in [-0.05, 0) is 94.5 Å². The van der Waals surface area contributed by atoms with Gasteiger partial charge in [-0.2, -0.15) is 0 Å². The monoisotopic (exact) mass is 678 g/mol. The van der Waals surface area contributed by atoms with Gasteiger partial charge in [0.05, 0.1) is 5.69 Å². The number of hydrogen-bond acceptors (Lipinski definition) is 3. The average molecular weight is 679 g/mol. The Balaban J connectivity index is 1.19. The number of furan rings is 1. The predicted octanol–water partition coefficient (Wildman–Crippen LogP) is 14.5. The summed E-state index contributed by atoms with van der Waals surface area (Å²) in [4.78, 5) is 4.65. The molecule has 10 aromatic rings. The Kier molecular flexibility index (Phi) is 7.47. The molecule has 0 atom stereocenters. The molecule has 250 valence electrons. The Hall–Kier alpha value is -7.10. The molecule has 10 rings (SSSR count). The first-order valence-corrected chi connectivity index (χ1v) is 18.0. The van der Waals surface area contributed by atoms with Crippen molar-refractivity contribution in [3.05, 3.63) is 206 Å². The van der Waals surface area contributed by atoms with Gasteiger partial charge in [0.25, 0.3) is 0 Å². The molecule has 0 radical (unpaired) electrons. The summed E-state index contributed by atoms with van der Waals surface area (Å²) in [5.74, 6) is 0. The van der Waals surface area contributed by atoms with Crippen molar-refractivity contribution >= 4 is 77.6 Å². The molecule has 0 N–H and O–H groups in total. The van der Waals surface area contributed by atoms with Crippen LogP contribution < -0.4 is 9.80 Å². The minimum Gasteiger partial charge on any atom is -0.455 e. The second-order valence-electron chi connectivity index (χ2n) is 13.3. The molecule has 0 amide bonds. The Morgan fingerprint density at radius 3 is 1.49 bits per heavy atom. The highest BCUT2D eigenvalue weighted by Crippen LogP contribution is 2.46. The zero-order chi connectivity index (χ0) is 35.1. The lowest BCUT2D eigenvalue weighted by Gasteiger charge is -2.27. The maximum Gasteiger partial charge on any atom is 0.143 e. The van der Waals surface area contributed by atoms with Crippen molar-refractivity contribution in [3.8, 4) is 11.1 Å². The highest BCUT2D eigenvalue weighted by Gasteiger charge is 2.21. The van der Waals surface area contributed by atoms with Crippen LogP contribution in [0.2, 0.25) is 0 Å². The first-order chi connectivity index (χ1) is 26.3. The van der Waals surface area contributed by atoms with Crippen LogP contribution in [0.3, 0.4) is 0 Å². The second kappa shape index (κ2) is 12.9. The van der Waals surface area contributed by atoms with Gasteiger partial charge in [-0.1, -0.05) is 127 Å². The van der Waals surface area contributed by atoms with E-state index in [2.05, 4.69) is 216 Å². The van der Waals surface area contributed by atoms with Crippen molar-refractivity contribution in [1.82, 2.24) is 0 Å². The van der Waals surface area contributed by atoms with Gasteiger partial charge in [0.15, 0.2) is 0 Å². The fourth-order valence-electron chi connectivity index (χ4n) is 7.85. The van der Waals surface area contributed by atoms with E-state index in [1.165, 1.54) is 16.3 Å². The molecule has 1 heterocycles. The number of anilines is 6. The quantitative estimate of drug-likeness (QED) is 0.156. The number of benzene rings is 9. The Morgan fingerprint density at radius 1 is 0.321 bits per heavy atom. The summed E-state index contributed by atoms with van der Waals surface area (Å²) >= 11 is 0. The molecule has 0 saturated carbocycles. The lowest BCUT2D eigenvalue weighted by atomic mass is 9.96. The predicted molar refractivity (Wildman–Crippen MR) is 224 cm³/mol. The molecular weight excluding hydrogens is 645 g/mol. The smallest absolute Gasteiger partial charge is 0.143 e. The maximum absolute atomic E-state index is 6.98. The molecule has 3 nitrogen and oxygen atoms in total. The molecule has 0 unspecified atom stereocenters. The third kappa shape index (κ3) is 5.30. The van der Waals surface area contributed by atoms with Gasteiger partial charge in [0, 0.05) is 56.2 Å². The summed E-state index contributed by atoms with van der Waals surface area (Å²) in [7, 11) is 0. The lowest BCUT2D eigenvalue weighted by Crippen LogP contribution is -2.11. The number of fused-ring (bicyclic) bond motifs is 8. The molecule has 0 aliphatic carbocycles. The molecule has 3 heteroatoms. The summed E-state index contributed by atoms with van der Waals surface area (Å²) in [5.41, 5.74) is 10.6. The molecule has 0 saturated heterocycles. The van der Waals surface area contributed by atoms with Crippen LogP contribution in [-0.2, 0) is 0 Å². The molecule has 0 aliphatic rings. The van der Waals surface area contributed by atoms with E-state index >= 15 is 0 Å². The first-order valence-electron chi connectivity index (χ1n) is 18.0.